The molecule has 0 saturated carbocycles. The van der Waals surface area contributed by atoms with Crippen molar-refractivity contribution in [2.45, 2.75) is 25.4 Å². The summed E-state index contributed by atoms with van der Waals surface area (Å²) in [6.07, 6.45) is 2.38. The number of nitrogens with one attached hydrogen (secondary N) is 1. The molecule has 106 valence electrons. The first-order valence-corrected chi connectivity index (χ1v) is 6.74. The zero-order valence-corrected chi connectivity index (χ0v) is 12.0. The third-order valence-electron chi connectivity index (χ3n) is 3.62. The van der Waals surface area contributed by atoms with E-state index in [4.69, 9.17) is 14.2 Å². The molecule has 0 aromatic heterocycles. The molecule has 4 heteroatoms. The van der Waals surface area contributed by atoms with E-state index in [0.29, 0.717) is 12.5 Å². The van der Waals surface area contributed by atoms with Crippen molar-refractivity contribution in [3.05, 3.63) is 23.3 Å². The summed E-state index contributed by atoms with van der Waals surface area (Å²) in [5.74, 6) is 2.13. The van der Waals surface area contributed by atoms with Gasteiger partial charge in [0.05, 0.1) is 20.8 Å². The van der Waals surface area contributed by atoms with Gasteiger partial charge in [0.2, 0.25) is 0 Å². The molecule has 1 N–H and O–H groups in total. The molecule has 0 bridgehead atoms. The van der Waals surface area contributed by atoms with Gasteiger partial charge in [0.15, 0.2) is 11.5 Å². The van der Waals surface area contributed by atoms with Crippen molar-refractivity contribution in [3.8, 4) is 11.5 Å². The van der Waals surface area contributed by atoms with Gasteiger partial charge in [0, 0.05) is 25.1 Å². The van der Waals surface area contributed by atoms with Gasteiger partial charge in [0.1, 0.15) is 0 Å². The average molecular weight is 265 g/mol. The molecule has 1 aromatic rings. The Morgan fingerprint density at radius 3 is 2.63 bits per heavy atom. The second-order valence-corrected chi connectivity index (χ2v) is 4.90. The molecule has 1 unspecified atom stereocenters. The maximum atomic E-state index is 5.56. The zero-order valence-electron chi connectivity index (χ0n) is 12.0. The number of hydrogen-bond donors (Lipinski definition) is 1. The molecule has 2 rings (SSSR count). The minimum Gasteiger partial charge on any atom is -0.493 e. The van der Waals surface area contributed by atoms with E-state index in [0.717, 1.165) is 30.2 Å². The predicted octanol–water partition coefficient (Wildman–Crippen LogP) is 2.32. The first-order valence-electron chi connectivity index (χ1n) is 6.74. The molecule has 1 atom stereocenters. The van der Waals surface area contributed by atoms with Crippen molar-refractivity contribution in [1.29, 1.82) is 0 Å². The van der Waals surface area contributed by atoms with Crippen LogP contribution in [0.4, 0.5) is 0 Å². The third kappa shape index (κ3) is 3.19. The molecule has 4 nitrogen and oxygen atoms in total. The fourth-order valence-corrected chi connectivity index (χ4v) is 2.72. The van der Waals surface area contributed by atoms with E-state index in [1.165, 1.54) is 18.4 Å². The van der Waals surface area contributed by atoms with Crippen LogP contribution >= 0.6 is 0 Å². The number of piperidine rings is 1. The molecule has 0 spiro atoms. The Kier molecular flexibility index (Phi) is 5.05. The Morgan fingerprint density at radius 2 is 2.05 bits per heavy atom. The molecule has 1 aromatic carbocycles. The van der Waals surface area contributed by atoms with Crippen LogP contribution in [0.5, 0.6) is 11.5 Å². The molecule has 0 radical (unpaired) electrons. The number of methoxy groups -OCH3 is 3. The quantitative estimate of drug-likeness (QED) is 0.887. The molecule has 1 fully saturated rings. The fraction of sp³-hybridized carbons (Fsp3) is 0.600. The molecule has 1 aliphatic rings. The first-order chi connectivity index (χ1) is 9.30. The topological polar surface area (TPSA) is 39.7 Å². The molecular weight excluding hydrogens is 242 g/mol. The van der Waals surface area contributed by atoms with Crippen LogP contribution in [0.3, 0.4) is 0 Å². The van der Waals surface area contributed by atoms with Gasteiger partial charge >= 0.3 is 0 Å². The van der Waals surface area contributed by atoms with Crippen molar-refractivity contribution >= 4 is 0 Å². The normalized spacial score (nSPS) is 19.2. The van der Waals surface area contributed by atoms with Gasteiger partial charge in [-0.2, -0.15) is 0 Å². The highest BCUT2D eigenvalue weighted by Gasteiger charge is 2.22. The maximum Gasteiger partial charge on any atom is 0.164 e. The Hall–Kier alpha value is -1.26. The van der Waals surface area contributed by atoms with Crippen LogP contribution in [0, 0.1) is 0 Å². The monoisotopic (exact) mass is 265 g/mol. The minimum atomic E-state index is 0.481. The maximum absolute atomic E-state index is 5.56. The molecule has 0 amide bonds. The second kappa shape index (κ2) is 6.78. The first kappa shape index (κ1) is 14.2. The van der Waals surface area contributed by atoms with E-state index in [1.807, 2.05) is 6.07 Å². The van der Waals surface area contributed by atoms with E-state index in [1.54, 1.807) is 21.3 Å². The van der Waals surface area contributed by atoms with E-state index in [9.17, 15) is 0 Å². The summed E-state index contributed by atoms with van der Waals surface area (Å²) in [6, 6.07) is 4.17. The lowest BCUT2D eigenvalue weighted by Crippen LogP contribution is -2.28. The third-order valence-corrected chi connectivity index (χ3v) is 3.62. The predicted molar refractivity (Wildman–Crippen MR) is 75.1 cm³/mol. The van der Waals surface area contributed by atoms with Gasteiger partial charge in [0.25, 0.3) is 0 Å². The van der Waals surface area contributed by atoms with Crippen molar-refractivity contribution < 1.29 is 14.2 Å². The summed E-state index contributed by atoms with van der Waals surface area (Å²) < 4.78 is 16.2. The van der Waals surface area contributed by atoms with Crippen LogP contribution in [0.15, 0.2) is 12.1 Å². The summed E-state index contributed by atoms with van der Waals surface area (Å²) in [6.45, 7) is 2.69. The van der Waals surface area contributed by atoms with Gasteiger partial charge in [-0.25, -0.2) is 0 Å². The molecular formula is C15H23NO3. The zero-order chi connectivity index (χ0) is 13.7. The molecule has 1 heterocycles. The Labute approximate surface area is 115 Å². The van der Waals surface area contributed by atoms with Crippen LogP contribution in [-0.4, -0.2) is 34.4 Å². The van der Waals surface area contributed by atoms with Crippen molar-refractivity contribution in [3.63, 3.8) is 0 Å². The second-order valence-electron chi connectivity index (χ2n) is 4.90. The fourth-order valence-electron chi connectivity index (χ4n) is 2.72. The lowest BCUT2D eigenvalue weighted by Gasteiger charge is -2.26. The van der Waals surface area contributed by atoms with E-state index in [-0.39, 0.29) is 0 Å². The number of rotatable bonds is 5. The van der Waals surface area contributed by atoms with Crippen LogP contribution in [-0.2, 0) is 11.3 Å². The lowest BCUT2D eigenvalue weighted by molar-refractivity contribution is 0.184. The average Bonchev–Trinajstić information content (AvgIpc) is 2.47. The summed E-state index contributed by atoms with van der Waals surface area (Å²) in [5.41, 5.74) is 2.35. The highest BCUT2D eigenvalue weighted by atomic mass is 16.5. The molecule has 19 heavy (non-hydrogen) atoms. The molecule has 1 aliphatic heterocycles. The Morgan fingerprint density at radius 1 is 1.21 bits per heavy atom. The van der Waals surface area contributed by atoms with E-state index < -0.39 is 0 Å². The van der Waals surface area contributed by atoms with Crippen molar-refractivity contribution in [1.82, 2.24) is 5.32 Å². The SMILES string of the molecule is COCc1cc(OC)c(OC)c(C2CCCNC2)c1. The summed E-state index contributed by atoms with van der Waals surface area (Å²) in [4.78, 5) is 0. The highest BCUT2D eigenvalue weighted by molar-refractivity contribution is 5.51. The summed E-state index contributed by atoms with van der Waals surface area (Å²) >= 11 is 0. The molecule has 0 aliphatic carbocycles. The number of hydrogen-bond acceptors (Lipinski definition) is 4. The van der Waals surface area contributed by atoms with Crippen molar-refractivity contribution in [2.24, 2.45) is 0 Å². The van der Waals surface area contributed by atoms with Crippen LogP contribution in [0.25, 0.3) is 0 Å². The van der Waals surface area contributed by atoms with Crippen LogP contribution in [0.1, 0.15) is 29.9 Å². The van der Waals surface area contributed by atoms with E-state index >= 15 is 0 Å². The standard InChI is InChI=1S/C15H23NO3/c1-17-10-11-7-13(12-5-4-6-16-9-12)15(19-3)14(8-11)18-2/h7-8,12,16H,4-6,9-10H2,1-3H3. The summed E-state index contributed by atoms with van der Waals surface area (Å²) in [7, 11) is 5.09. The lowest BCUT2D eigenvalue weighted by atomic mass is 9.89. The van der Waals surface area contributed by atoms with E-state index in [2.05, 4.69) is 11.4 Å². The molecule has 1 saturated heterocycles. The highest BCUT2D eigenvalue weighted by Crippen LogP contribution is 2.39. The van der Waals surface area contributed by atoms with Gasteiger partial charge in [-0.05, 0) is 37.1 Å². The van der Waals surface area contributed by atoms with Crippen LogP contribution < -0.4 is 14.8 Å². The van der Waals surface area contributed by atoms with Crippen LogP contribution in [0.2, 0.25) is 0 Å². The Balaban J connectivity index is 2.39. The number of ether oxygens (including phenoxy) is 3. The van der Waals surface area contributed by atoms with Gasteiger partial charge in [-0.15, -0.1) is 0 Å². The number of benzene rings is 1. The minimum absolute atomic E-state index is 0.481. The van der Waals surface area contributed by atoms with Crippen molar-refractivity contribution in [2.75, 3.05) is 34.4 Å². The van der Waals surface area contributed by atoms with Gasteiger partial charge < -0.3 is 19.5 Å². The Bertz CT molecular complexity index is 414. The summed E-state index contributed by atoms with van der Waals surface area (Å²) in [5, 5.41) is 3.45. The largest absolute Gasteiger partial charge is 0.493 e. The van der Waals surface area contributed by atoms with Gasteiger partial charge in [-0.1, -0.05) is 0 Å². The van der Waals surface area contributed by atoms with Gasteiger partial charge in [-0.3, -0.25) is 0 Å². The smallest absolute Gasteiger partial charge is 0.164 e.